The number of ether oxygens (including phenoxy) is 11. The number of benzene rings is 2. The van der Waals surface area contributed by atoms with Crippen molar-refractivity contribution < 1.29 is 71.3 Å². The van der Waals surface area contributed by atoms with E-state index in [1.54, 1.807) is 58.8 Å². The summed E-state index contributed by atoms with van der Waals surface area (Å²) < 4.78 is 60.9. The van der Waals surface area contributed by atoms with Crippen LogP contribution in [0.4, 0.5) is 0 Å². The van der Waals surface area contributed by atoms with Crippen molar-refractivity contribution in [2.24, 2.45) is 0 Å². The van der Waals surface area contributed by atoms with E-state index in [9.17, 15) is 19.2 Å². The third kappa shape index (κ3) is 12.9. The van der Waals surface area contributed by atoms with Crippen molar-refractivity contribution in [3.63, 3.8) is 0 Å². The minimum Gasteiger partial charge on any atom is -0.493 e. The molecule has 57 heavy (non-hydrogen) atoms. The third-order valence-corrected chi connectivity index (χ3v) is 8.00. The fourth-order valence-electron chi connectivity index (χ4n) is 5.59. The molecule has 3 aromatic rings. The molecule has 1 aliphatic heterocycles. The summed E-state index contributed by atoms with van der Waals surface area (Å²) in [5.41, 5.74) is 2.63. The first kappa shape index (κ1) is 43.5. The molecule has 1 aliphatic rings. The molecule has 306 valence electrons. The molecule has 4 rings (SSSR count). The van der Waals surface area contributed by atoms with Crippen LogP contribution in [0.15, 0.2) is 42.5 Å². The molecule has 0 N–H and O–H groups in total. The number of esters is 4. The molecule has 17 heteroatoms. The first-order chi connectivity index (χ1) is 27.3. The lowest BCUT2D eigenvalue weighted by Gasteiger charge is -2.44. The van der Waals surface area contributed by atoms with Gasteiger partial charge in [0.05, 0.1) is 46.4 Å². The molecule has 17 nitrogen and oxygen atoms in total. The molecular weight excluding hydrogens is 748 g/mol. The number of hydrogen-bond donors (Lipinski definition) is 0. The summed E-state index contributed by atoms with van der Waals surface area (Å²) in [5.74, 6) is -0.633. The van der Waals surface area contributed by atoms with E-state index in [2.05, 4.69) is 9.97 Å². The summed E-state index contributed by atoms with van der Waals surface area (Å²) in [7, 11) is 6.22. The Balaban J connectivity index is 1.59. The molecule has 1 saturated heterocycles. The molecule has 0 amide bonds. The lowest BCUT2D eigenvalue weighted by atomic mass is 9.98. The van der Waals surface area contributed by atoms with Crippen LogP contribution in [0.1, 0.15) is 50.2 Å². The molecule has 2 aromatic carbocycles. The van der Waals surface area contributed by atoms with E-state index in [-0.39, 0.29) is 19.2 Å². The SMILES string of the molecule is COc1ccc(/C=C/c2cc(/C=C/c3ccc(OC)c(OC)c3)nc(OCCO[C@@H]3O[C@H](COC(C)=O)[C@@H](OC(C)=O)[C@H](OC(C)=O)[C@H]3OC(C)=O)n2)cc1OC. The zero-order valence-corrected chi connectivity index (χ0v) is 32.9. The van der Waals surface area contributed by atoms with Crippen LogP contribution >= 0.6 is 0 Å². The maximum absolute atomic E-state index is 12.2. The molecule has 0 aliphatic carbocycles. The quantitative estimate of drug-likeness (QED) is 0.100. The van der Waals surface area contributed by atoms with Crippen LogP contribution in [0.5, 0.6) is 29.0 Å². The minimum atomic E-state index is -1.39. The summed E-state index contributed by atoms with van der Waals surface area (Å²) in [4.78, 5) is 57.1. The second-order valence-electron chi connectivity index (χ2n) is 12.2. The number of hydrogen-bond acceptors (Lipinski definition) is 17. The molecule has 0 radical (unpaired) electrons. The van der Waals surface area contributed by atoms with Gasteiger partial charge >= 0.3 is 29.9 Å². The number of nitrogens with zero attached hydrogens (tertiary/aromatic N) is 2. The van der Waals surface area contributed by atoms with Crippen molar-refractivity contribution in [2.75, 3.05) is 48.3 Å². The van der Waals surface area contributed by atoms with Crippen LogP contribution < -0.4 is 23.7 Å². The summed E-state index contributed by atoms with van der Waals surface area (Å²) in [6.07, 6.45) is 0.581. The first-order valence-corrected chi connectivity index (χ1v) is 17.6. The van der Waals surface area contributed by atoms with Gasteiger partial charge in [0.25, 0.3) is 0 Å². The second-order valence-corrected chi connectivity index (χ2v) is 12.2. The van der Waals surface area contributed by atoms with E-state index in [1.807, 2.05) is 36.4 Å². The Bertz CT molecular complexity index is 1850. The normalized spacial score (nSPS) is 19.1. The van der Waals surface area contributed by atoms with Gasteiger partial charge in [0.1, 0.15) is 19.3 Å². The highest BCUT2D eigenvalue weighted by Gasteiger charge is 2.52. The lowest BCUT2D eigenvalue weighted by molar-refractivity contribution is -0.308. The molecule has 0 spiro atoms. The average molecular weight is 795 g/mol. The molecule has 5 atom stereocenters. The van der Waals surface area contributed by atoms with Crippen molar-refractivity contribution in [1.82, 2.24) is 9.97 Å². The average Bonchev–Trinajstić information content (AvgIpc) is 3.18. The van der Waals surface area contributed by atoms with Gasteiger partial charge in [-0.25, -0.2) is 0 Å². The van der Waals surface area contributed by atoms with Crippen molar-refractivity contribution in [2.45, 2.75) is 58.4 Å². The predicted molar refractivity (Wildman–Crippen MR) is 202 cm³/mol. The standard InChI is InChI=1S/C40H46N2O15/c1-23(43)53-22-35-36(54-24(2)44)37(55-25(3)45)38(56-26(4)46)39(57-35)51-17-18-52-40-41-29(13-9-27-11-15-31(47-5)33(19-27)49-7)21-30(42-40)14-10-28-12-16-32(48-6)34(20-28)50-8/h9-16,19-21,35-39H,17-18,22H2,1-8H3/b13-9+,14-10+/t35-,36-,37+,38-,39-/m1/s1. The Morgan fingerprint density at radius 2 is 1.09 bits per heavy atom. The molecule has 1 aromatic heterocycles. The van der Waals surface area contributed by atoms with Gasteiger partial charge in [-0.15, -0.1) is 0 Å². The van der Waals surface area contributed by atoms with Crippen molar-refractivity contribution in [3.8, 4) is 29.0 Å². The van der Waals surface area contributed by atoms with Gasteiger partial charge in [0.15, 0.2) is 47.6 Å². The third-order valence-electron chi connectivity index (χ3n) is 8.00. The first-order valence-electron chi connectivity index (χ1n) is 17.6. The van der Waals surface area contributed by atoms with Crippen LogP contribution in [-0.4, -0.2) is 113 Å². The Morgan fingerprint density at radius 3 is 1.56 bits per heavy atom. The molecule has 0 saturated carbocycles. The van der Waals surface area contributed by atoms with E-state index in [1.165, 1.54) is 6.92 Å². The fourth-order valence-corrected chi connectivity index (χ4v) is 5.59. The maximum atomic E-state index is 12.2. The van der Waals surface area contributed by atoms with Gasteiger partial charge in [0.2, 0.25) is 0 Å². The zero-order valence-electron chi connectivity index (χ0n) is 32.9. The van der Waals surface area contributed by atoms with Gasteiger partial charge in [-0.05, 0) is 53.6 Å². The summed E-state index contributed by atoms with van der Waals surface area (Å²) in [6, 6.07) is 12.7. The van der Waals surface area contributed by atoms with Crippen LogP contribution in [-0.2, 0) is 47.6 Å². The Hall–Kier alpha value is -6.20. The van der Waals surface area contributed by atoms with Gasteiger partial charge in [0, 0.05) is 27.7 Å². The zero-order chi connectivity index (χ0) is 41.5. The smallest absolute Gasteiger partial charge is 0.317 e. The van der Waals surface area contributed by atoms with Gasteiger partial charge < -0.3 is 52.1 Å². The van der Waals surface area contributed by atoms with Gasteiger partial charge in [-0.2, -0.15) is 9.97 Å². The Labute approximate surface area is 329 Å². The predicted octanol–water partition coefficient (Wildman–Crippen LogP) is 4.33. The summed E-state index contributed by atoms with van der Waals surface area (Å²) in [6.45, 7) is 3.87. The van der Waals surface area contributed by atoms with E-state index in [0.717, 1.165) is 31.9 Å². The molecular formula is C40H46N2O15. The fraction of sp³-hybridized carbons (Fsp3) is 0.400. The molecule has 2 heterocycles. The topological polar surface area (TPSA) is 196 Å². The van der Waals surface area contributed by atoms with Crippen molar-refractivity contribution in [1.29, 1.82) is 0 Å². The summed E-state index contributed by atoms with van der Waals surface area (Å²) in [5, 5.41) is 0. The number of carbonyl (C=O) groups is 4. The van der Waals surface area contributed by atoms with Crippen LogP contribution in [0, 0.1) is 0 Å². The summed E-state index contributed by atoms with van der Waals surface area (Å²) >= 11 is 0. The van der Waals surface area contributed by atoms with Gasteiger partial charge in [-0.3, -0.25) is 19.2 Å². The highest BCUT2D eigenvalue weighted by molar-refractivity contribution is 5.73. The van der Waals surface area contributed by atoms with Crippen molar-refractivity contribution in [3.05, 3.63) is 65.0 Å². The molecule has 0 bridgehead atoms. The Morgan fingerprint density at radius 1 is 0.596 bits per heavy atom. The van der Waals surface area contributed by atoms with Gasteiger partial charge in [-0.1, -0.05) is 24.3 Å². The Kier molecular flexibility index (Phi) is 16.2. The van der Waals surface area contributed by atoms with E-state index < -0.39 is 61.2 Å². The maximum Gasteiger partial charge on any atom is 0.317 e. The van der Waals surface area contributed by atoms with E-state index in [0.29, 0.717) is 34.4 Å². The van der Waals surface area contributed by atoms with Crippen LogP contribution in [0.2, 0.25) is 0 Å². The van der Waals surface area contributed by atoms with Crippen LogP contribution in [0.3, 0.4) is 0 Å². The van der Waals surface area contributed by atoms with E-state index in [4.69, 9.17) is 52.1 Å². The highest BCUT2D eigenvalue weighted by Crippen LogP contribution is 2.31. The number of rotatable bonds is 18. The van der Waals surface area contributed by atoms with Crippen LogP contribution in [0.25, 0.3) is 24.3 Å². The molecule has 1 fully saturated rings. The number of carbonyl (C=O) groups excluding carboxylic acids is 4. The lowest BCUT2D eigenvalue weighted by Crippen LogP contribution is -2.63. The minimum absolute atomic E-state index is 0.00145. The second kappa shape index (κ2) is 21.2. The number of aromatic nitrogens is 2. The monoisotopic (exact) mass is 794 g/mol. The van der Waals surface area contributed by atoms with Crippen molar-refractivity contribution >= 4 is 48.2 Å². The van der Waals surface area contributed by atoms with E-state index >= 15 is 0 Å². The largest absolute Gasteiger partial charge is 0.493 e. The molecule has 0 unspecified atom stereocenters. The highest BCUT2D eigenvalue weighted by atomic mass is 16.7. The number of methoxy groups -OCH3 is 4.